The zero-order valence-electron chi connectivity index (χ0n) is 9.42. The summed E-state index contributed by atoms with van der Waals surface area (Å²) in [6, 6.07) is 1.98. The molecule has 0 saturated carbocycles. The Morgan fingerprint density at radius 2 is 2.41 bits per heavy atom. The number of carbonyl (C=O) groups excluding carboxylic acids is 1. The molecule has 92 valence electrons. The molecule has 5 nitrogen and oxygen atoms in total. The molecule has 0 bridgehead atoms. The van der Waals surface area contributed by atoms with Crippen molar-refractivity contribution in [2.75, 3.05) is 13.6 Å². The van der Waals surface area contributed by atoms with Gasteiger partial charge in [-0.1, -0.05) is 12.1 Å². The molecule has 1 aromatic heterocycles. The molecule has 1 heterocycles. The number of carbonyl (C=O) groups is 2. The fourth-order valence-electron chi connectivity index (χ4n) is 1.22. The minimum atomic E-state index is -1.08. The highest BCUT2D eigenvalue weighted by Crippen LogP contribution is 2.19. The van der Waals surface area contributed by atoms with E-state index >= 15 is 0 Å². The molecule has 0 spiro atoms. The minimum absolute atomic E-state index is 0.364. The van der Waals surface area contributed by atoms with Crippen LogP contribution < -0.4 is 5.32 Å². The number of nitrogens with one attached hydrogen (secondary N) is 1. The SMILES string of the molecule is C=CCN(C)C(=O)NC(C(=O)O)c1cccs1. The fourth-order valence-corrected chi connectivity index (χ4v) is 1.99. The van der Waals surface area contributed by atoms with Gasteiger partial charge >= 0.3 is 12.0 Å². The molecule has 1 unspecified atom stereocenters. The number of amides is 2. The maximum atomic E-state index is 11.7. The van der Waals surface area contributed by atoms with E-state index in [0.717, 1.165) is 0 Å². The van der Waals surface area contributed by atoms with Gasteiger partial charge in [-0.25, -0.2) is 9.59 Å². The van der Waals surface area contributed by atoms with Crippen LogP contribution in [0.25, 0.3) is 0 Å². The van der Waals surface area contributed by atoms with Gasteiger partial charge in [-0.2, -0.15) is 0 Å². The molecular weight excluding hydrogens is 240 g/mol. The highest BCUT2D eigenvalue weighted by Gasteiger charge is 2.23. The van der Waals surface area contributed by atoms with Gasteiger partial charge in [-0.15, -0.1) is 17.9 Å². The van der Waals surface area contributed by atoms with Crippen molar-refractivity contribution in [2.24, 2.45) is 0 Å². The second kappa shape index (κ2) is 6.05. The van der Waals surface area contributed by atoms with E-state index in [9.17, 15) is 9.59 Å². The lowest BCUT2D eigenvalue weighted by atomic mass is 10.2. The number of carboxylic acids is 1. The van der Waals surface area contributed by atoms with Gasteiger partial charge in [-0.3, -0.25) is 0 Å². The first-order valence-electron chi connectivity index (χ1n) is 4.95. The number of nitrogens with zero attached hydrogens (tertiary/aromatic N) is 1. The summed E-state index contributed by atoms with van der Waals surface area (Å²) in [5.74, 6) is -1.08. The van der Waals surface area contributed by atoms with E-state index in [4.69, 9.17) is 5.11 Å². The number of urea groups is 1. The van der Waals surface area contributed by atoms with Crippen molar-refractivity contribution in [3.63, 3.8) is 0 Å². The molecule has 0 aliphatic rings. The van der Waals surface area contributed by atoms with Crippen LogP contribution in [-0.4, -0.2) is 35.6 Å². The molecule has 0 aliphatic carbocycles. The van der Waals surface area contributed by atoms with Gasteiger partial charge in [0, 0.05) is 18.5 Å². The van der Waals surface area contributed by atoms with E-state index in [1.54, 1.807) is 30.6 Å². The Morgan fingerprint density at radius 1 is 1.71 bits per heavy atom. The normalized spacial score (nSPS) is 11.6. The van der Waals surface area contributed by atoms with E-state index in [2.05, 4.69) is 11.9 Å². The maximum absolute atomic E-state index is 11.7. The molecule has 17 heavy (non-hydrogen) atoms. The third-order valence-electron chi connectivity index (χ3n) is 2.09. The Bertz CT molecular complexity index is 403. The summed E-state index contributed by atoms with van der Waals surface area (Å²) in [6.45, 7) is 3.87. The lowest BCUT2D eigenvalue weighted by Gasteiger charge is -2.19. The predicted molar refractivity (Wildman–Crippen MR) is 66.1 cm³/mol. The van der Waals surface area contributed by atoms with Crippen molar-refractivity contribution >= 4 is 23.3 Å². The predicted octanol–water partition coefficient (Wildman–Crippen LogP) is 1.70. The third kappa shape index (κ3) is 3.60. The van der Waals surface area contributed by atoms with Crippen LogP contribution in [0.1, 0.15) is 10.9 Å². The smallest absolute Gasteiger partial charge is 0.331 e. The van der Waals surface area contributed by atoms with Gasteiger partial charge in [0.2, 0.25) is 0 Å². The first kappa shape index (κ1) is 13.2. The molecule has 1 atom stereocenters. The largest absolute Gasteiger partial charge is 0.479 e. The van der Waals surface area contributed by atoms with Crippen molar-refractivity contribution in [1.29, 1.82) is 0 Å². The molecular formula is C11H14N2O3S. The van der Waals surface area contributed by atoms with E-state index in [1.807, 2.05) is 0 Å². The average Bonchev–Trinajstić information content (AvgIpc) is 2.78. The van der Waals surface area contributed by atoms with E-state index in [-0.39, 0.29) is 0 Å². The minimum Gasteiger partial charge on any atom is -0.479 e. The standard InChI is InChI=1S/C11H14N2O3S/c1-3-6-13(2)11(16)12-9(10(14)15)8-5-4-7-17-8/h3-5,7,9H,1,6H2,2H3,(H,12,16)(H,14,15). The van der Waals surface area contributed by atoms with Gasteiger partial charge in [0.25, 0.3) is 0 Å². The van der Waals surface area contributed by atoms with E-state index < -0.39 is 18.0 Å². The van der Waals surface area contributed by atoms with Gasteiger partial charge in [0.15, 0.2) is 6.04 Å². The summed E-state index contributed by atoms with van der Waals surface area (Å²) >= 11 is 1.29. The van der Waals surface area contributed by atoms with Crippen LogP contribution in [0, 0.1) is 0 Å². The summed E-state index contributed by atoms with van der Waals surface area (Å²) in [4.78, 5) is 24.7. The maximum Gasteiger partial charge on any atom is 0.331 e. The number of likely N-dealkylation sites (N-methyl/N-ethyl adjacent to an activating group) is 1. The topological polar surface area (TPSA) is 69.6 Å². The lowest BCUT2D eigenvalue weighted by molar-refractivity contribution is -0.139. The van der Waals surface area contributed by atoms with Crippen LogP contribution in [0.15, 0.2) is 30.2 Å². The molecule has 1 rings (SSSR count). The van der Waals surface area contributed by atoms with E-state index in [1.165, 1.54) is 16.2 Å². The summed E-state index contributed by atoms with van der Waals surface area (Å²) in [5.41, 5.74) is 0. The Kier molecular flexibility index (Phi) is 4.71. The van der Waals surface area contributed by atoms with E-state index in [0.29, 0.717) is 11.4 Å². The van der Waals surface area contributed by atoms with Gasteiger partial charge in [-0.05, 0) is 11.4 Å². The zero-order valence-corrected chi connectivity index (χ0v) is 10.2. The van der Waals surface area contributed by atoms with Crippen LogP contribution in [0.5, 0.6) is 0 Å². The first-order valence-corrected chi connectivity index (χ1v) is 5.83. The average molecular weight is 254 g/mol. The second-order valence-electron chi connectivity index (χ2n) is 3.41. The highest BCUT2D eigenvalue weighted by atomic mass is 32.1. The number of hydrogen-bond acceptors (Lipinski definition) is 3. The molecule has 1 aromatic rings. The molecule has 2 N–H and O–H groups in total. The van der Waals surface area contributed by atoms with Crippen LogP contribution >= 0.6 is 11.3 Å². The fraction of sp³-hybridized carbons (Fsp3) is 0.273. The summed E-state index contributed by atoms with van der Waals surface area (Å²) < 4.78 is 0. The number of carboxylic acid groups (broad SMARTS) is 1. The van der Waals surface area contributed by atoms with Crippen LogP contribution in [0.4, 0.5) is 4.79 Å². The quantitative estimate of drug-likeness (QED) is 0.786. The van der Waals surface area contributed by atoms with Crippen LogP contribution in [0.3, 0.4) is 0 Å². The summed E-state index contributed by atoms with van der Waals surface area (Å²) in [5, 5.41) is 13.3. The zero-order chi connectivity index (χ0) is 12.8. The molecule has 0 fully saturated rings. The van der Waals surface area contributed by atoms with Gasteiger partial charge < -0.3 is 15.3 Å². The monoisotopic (exact) mass is 254 g/mol. The van der Waals surface area contributed by atoms with Gasteiger partial charge in [0.1, 0.15) is 0 Å². The Labute approximate surface area is 103 Å². The highest BCUT2D eigenvalue weighted by molar-refractivity contribution is 7.10. The van der Waals surface area contributed by atoms with Crippen molar-refractivity contribution in [3.8, 4) is 0 Å². The molecule has 0 aliphatic heterocycles. The first-order chi connectivity index (χ1) is 8.06. The second-order valence-corrected chi connectivity index (χ2v) is 4.38. The van der Waals surface area contributed by atoms with Crippen molar-refractivity contribution in [3.05, 3.63) is 35.0 Å². The molecule has 0 aromatic carbocycles. The van der Waals surface area contributed by atoms with Crippen LogP contribution in [-0.2, 0) is 4.79 Å². The molecule has 0 radical (unpaired) electrons. The van der Waals surface area contributed by atoms with Crippen molar-refractivity contribution in [2.45, 2.75) is 6.04 Å². The Morgan fingerprint density at radius 3 is 2.88 bits per heavy atom. The van der Waals surface area contributed by atoms with Gasteiger partial charge in [0.05, 0.1) is 0 Å². The number of aliphatic carboxylic acids is 1. The molecule has 0 saturated heterocycles. The summed E-state index contributed by atoms with van der Waals surface area (Å²) in [6.07, 6.45) is 1.57. The number of hydrogen-bond donors (Lipinski definition) is 2. The van der Waals surface area contributed by atoms with Crippen molar-refractivity contribution < 1.29 is 14.7 Å². The summed E-state index contributed by atoms with van der Waals surface area (Å²) in [7, 11) is 1.57. The molecule has 2 amide bonds. The lowest BCUT2D eigenvalue weighted by Crippen LogP contribution is -2.41. The number of rotatable bonds is 5. The van der Waals surface area contributed by atoms with Crippen LogP contribution in [0.2, 0.25) is 0 Å². The van der Waals surface area contributed by atoms with Crippen molar-refractivity contribution in [1.82, 2.24) is 10.2 Å². The Hall–Kier alpha value is -1.82. The third-order valence-corrected chi connectivity index (χ3v) is 3.03. The number of thiophene rings is 1. The Balaban J connectivity index is 2.72. The molecule has 6 heteroatoms.